The first-order chi connectivity index (χ1) is 8.66. The summed E-state index contributed by atoms with van der Waals surface area (Å²) in [5.41, 5.74) is 2.10. The number of hydrogen-bond donors (Lipinski definition) is 1. The lowest BCUT2D eigenvalue weighted by Crippen LogP contribution is -2.09. The van der Waals surface area contributed by atoms with Gasteiger partial charge < -0.3 is 5.32 Å². The predicted molar refractivity (Wildman–Crippen MR) is 71.8 cm³/mol. The van der Waals surface area contributed by atoms with Crippen molar-refractivity contribution in [1.29, 1.82) is 0 Å². The zero-order chi connectivity index (χ0) is 13.0. The first-order valence-corrected chi connectivity index (χ1v) is 6.24. The number of rotatable bonds is 5. The van der Waals surface area contributed by atoms with Crippen molar-refractivity contribution in [2.45, 2.75) is 26.8 Å². The topological polar surface area (TPSA) is 55.6 Å². The molecule has 0 amide bonds. The van der Waals surface area contributed by atoms with Crippen molar-refractivity contribution in [2.24, 2.45) is 0 Å². The number of aromatic nitrogens is 4. The highest BCUT2D eigenvalue weighted by molar-refractivity contribution is 6.30. The third-order valence-corrected chi connectivity index (χ3v) is 2.99. The van der Waals surface area contributed by atoms with Crippen LogP contribution in [0.3, 0.4) is 0 Å². The van der Waals surface area contributed by atoms with Gasteiger partial charge in [0, 0.05) is 30.5 Å². The van der Waals surface area contributed by atoms with Gasteiger partial charge in [-0.15, -0.1) is 0 Å². The van der Waals surface area contributed by atoms with Crippen molar-refractivity contribution in [3.05, 3.63) is 35.0 Å². The molecule has 0 saturated heterocycles. The van der Waals surface area contributed by atoms with Gasteiger partial charge in [0.2, 0.25) is 0 Å². The molecule has 2 aromatic rings. The Morgan fingerprint density at radius 3 is 2.89 bits per heavy atom. The number of anilines is 1. The first-order valence-electron chi connectivity index (χ1n) is 5.87. The Hall–Kier alpha value is -1.62. The minimum Gasteiger partial charge on any atom is -0.370 e. The second-order valence-corrected chi connectivity index (χ2v) is 4.57. The Bertz CT molecular complexity index is 523. The van der Waals surface area contributed by atoms with Gasteiger partial charge in [-0.2, -0.15) is 5.10 Å². The van der Waals surface area contributed by atoms with Crippen LogP contribution in [0.25, 0.3) is 0 Å². The highest BCUT2D eigenvalue weighted by Gasteiger charge is 2.02. The molecule has 2 rings (SSSR count). The molecule has 0 atom stereocenters. The molecule has 0 bridgehead atoms. The Balaban J connectivity index is 1.80. The molecule has 0 saturated carbocycles. The van der Waals surface area contributed by atoms with Gasteiger partial charge in [0.15, 0.2) is 0 Å². The molecule has 2 heterocycles. The van der Waals surface area contributed by atoms with E-state index < -0.39 is 0 Å². The van der Waals surface area contributed by atoms with Crippen molar-refractivity contribution in [2.75, 3.05) is 11.9 Å². The van der Waals surface area contributed by atoms with Crippen molar-refractivity contribution in [3.8, 4) is 0 Å². The van der Waals surface area contributed by atoms with Gasteiger partial charge in [0.1, 0.15) is 12.1 Å². The molecule has 1 N–H and O–H groups in total. The summed E-state index contributed by atoms with van der Waals surface area (Å²) in [5, 5.41) is 8.10. The van der Waals surface area contributed by atoms with E-state index in [0.29, 0.717) is 5.02 Å². The Kier molecular flexibility index (Phi) is 4.15. The zero-order valence-electron chi connectivity index (χ0n) is 10.5. The monoisotopic (exact) mass is 265 g/mol. The van der Waals surface area contributed by atoms with Crippen LogP contribution in [-0.2, 0) is 6.54 Å². The van der Waals surface area contributed by atoms with Crippen LogP contribution in [-0.4, -0.2) is 26.3 Å². The standard InChI is InChI=1S/C12H16ClN5/c1-9-10(2)15-8-16-12(9)14-4-3-5-18-7-11(13)6-17-18/h6-8H,3-5H2,1-2H3,(H,14,15,16). The fourth-order valence-electron chi connectivity index (χ4n) is 1.62. The first kappa shape index (κ1) is 12.8. The lowest BCUT2D eigenvalue weighted by Gasteiger charge is -2.09. The number of nitrogens with zero attached hydrogens (tertiary/aromatic N) is 4. The van der Waals surface area contributed by atoms with Gasteiger partial charge in [0.05, 0.1) is 11.2 Å². The molecule has 0 aliphatic heterocycles. The van der Waals surface area contributed by atoms with Crippen LogP contribution in [0.1, 0.15) is 17.7 Å². The van der Waals surface area contributed by atoms with E-state index in [1.165, 1.54) is 0 Å². The van der Waals surface area contributed by atoms with Crippen molar-refractivity contribution in [3.63, 3.8) is 0 Å². The van der Waals surface area contributed by atoms with Gasteiger partial charge in [0.25, 0.3) is 0 Å². The number of hydrogen-bond acceptors (Lipinski definition) is 4. The quantitative estimate of drug-likeness (QED) is 0.844. The fraction of sp³-hybridized carbons (Fsp3) is 0.417. The Morgan fingerprint density at radius 2 is 2.17 bits per heavy atom. The van der Waals surface area contributed by atoms with Gasteiger partial charge in [-0.05, 0) is 20.3 Å². The lowest BCUT2D eigenvalue weighted by molar-refractivity contribution is 0.591. The van der Waals surface area contributed by atoms with Crippen LogP contribution in [0.4, 0.5) is 5.82 Å². The minimum atomic E-state index is 0.672. The molecule has 0 fully saturated rings. The predicted octanol–water partition coefficient (Wildman–Crippen LogP) is 2.45. The second kappa shape index (κ2) is 5.82. The molecule has 0 spiro atoms. The second-order valence-electron chi connectivity index (χ2n) is 4.13. The molecule has 0 unspecified atom stereocenters. The molecule has 2 aromatic heterocycles. The normalized spacial score (nSPS) is 10.6. The highest BCUT2D eigenvalue weighted by Crippen LogP contribution is 2.12. The van der Waals surface area contributed by atoms with Crippen molar-refractivity contribution in [1.82, 2.24) is 19.7 Å². The smallest absolute Gasteiger partial charge is 0.132 e. The maximum absolute atomic E-state index is 5.79. The van der Waals surface area contributed by atoms with E-state index in [2.05, 4.69) is 20.4 Å². The van der Waals surface area contributed by atoms with Gasteiger partial charge in [-0.1, -0.05) is 11.6 Å². The lowest BCUT2D eigenvalue weighted by atomic mass is 10.2. The van der Waals surface area contributed by atoms with E-state index in [0.717, 1.165) is 36.6 Å². The molecule has 5 nitrogen and oxygen atoms in total. The molecule has 0 aromatic carbocycles. The molecule has 0 aliphatic carbocycles. The molecule has 18 heavy (non-hydrogen) atoms. The summed E-state index contributed by atoms with van der Waals surface area (Å²) in [6, 6.07) is 0. The van der Waals surface area contributed by atoms with Crippen molar-refractivity contribution >= 4 is 17.4 Å². The largest absolute Gasteiger partial charge is 0.370 e. The third-order valence-electron chi connectivity index (χ3n) is 2.79. The van der Waals surface area contributed by atoms with E-state index in [4.69, 9.17) is 11.6 Å². The molecule has 0 radical (unpaired) electrons. The summed E-state index contributed by atoms with van der Waals surface area (Å²) in [4.78, 5) is 8.36. The average Bonchev–Trinajstić information content (AvgIpc) is 2.76. The van der Waals surface area contributed by atoms with Crippen LogP contribution in [0.15, 0.2) is 18.7 Å². The molecular weight excluding hydrogens is 250 g/mol. The summed E-state index contributed by atoms with van der Waals surface area (Å²) >= 11 is 5.79. The molecule has 0 aliphatic rings. The van der Waals surface area contributed by atoms with E-state index in [1.54, 1.807) is 12.5 Å². The van der Waals surface area contributed by atoms with E-state index in [9.17, 15) is 0 Å². The van der Waals surface area contributed by atoms with Crippen molar-refractivity contribution < 1.29 is 0 Å². The number of nitrogens with one attached hydrogen (secondary N) is 1. The Labute approximate surface area is 111 Å². The number of aryl methyl sites for hydroxylation is 2. The van der Waals surface area contributed by atoms with E-state index in [1.807, 2.05) is 24.7 Å². The zero-order valence-corrected chi connectivity index (χ0v) is 11.3. The summed E-state index contributed by atoms with van der Waals surface area (Å²) in [7, 11) is 0. The maximum Gasteiger partial charge on any atom is 0.132 e. The third kappa shape index (κ3) is 3.20. The Morgan fingerprint density at radius 1 is 1.33 bits per heavy atom. The van der Waals surface area contributed by atoms with Crippen LogP contribution in [0.5, 0.6) is 0 Å². The molecule has 96 valence electrons. The van der Waals surface area contributed by atoms with Crippen LogP contribution >= 0.6 is 11.6 Å². The SMILES string of the molecule is Cc1ncnc(NCCCn2cc(Cl)cn2)c1C. The maximum atomic E-state index is 5.79. The summed E-state index contributed by atoms with van der Waals surface area (Å²) in [6.07, 6.45) is 6.01. The highest BCUT2D eigenvalue weighted by atomic mass is 35.5. The van der Waals surface area contributed by atoms with Gasteiger partial charge in [-0.25, -0.2) is 9.97 Å². The van der Waals surface area contributed by atoms with Gasteiger partial charge >= 0.3 is 0 Å². The van der Waals surface area contributed by atoms with Crippen LogP contribution in [0, 0.1) is 13.8 Å². The summed E-state index contributed by atoms with van der Waals surface area (Å²) < 4.78 is 1.84. The minimum absolute atomic E-state index is 0.672. The van der Waals surface area contributed by atoms with Crippen LogP contribution < -0.4 is 5.32 Å². The van der Waals surface area contributed by atoms with E-state index >= 15 is 0 Å². The summed E-state index contributed by atoms with van der Waals surface area (Å²) in [5.74, 6) is 0.904. The molecule has 6 heteroatoms. The average molecular weight is 266 g/mol. The van der Waals surface area contributed by atoms with Crippen LogP contribution in [0.2, 0.25) is 5.02 Å². The molecular formula is C12H16ClN5. The fourth-order valence-corrected chi connectivity index (χ4v) is 1.78. The van der Waals surface area contributed by atoms with Gasteiger partial charge in [-0.3, -0.25) is 4.68 Å². The number of halogens is 1. The summed E-state index contributed by atoms with van der Waals surface area (Å²) in [6.45, 7) is 5.68. The van der Waals surface area contributed by atoms with E-state index in [-0.39, 0.29) is 0 Å².